The van der Waals surface area contributed by atoms with Crippen LogP contribution in [-0.4, -0.2) is 0 Å². The Kier molecular flexibility index (Phi) is 10.7. The molecule has 398 valence electrons. The molecule has 2 nitrogen and oxygen atoms in total. The molecule has 86 heavy (non-hydrogen) atoms. The molecular formula is C84H50O2. The Hall–Kier alpha value is -11.3. The van der Waals surface area contributed by atoms with Gasteiger partial charge in [-0.05, 0) is 151 Å². The van der Waals surface area contributed by atoms with E-state index in [9.17, 15) is 0 Å². The fourth-order valence-corrected chi connectivity index (χ4v) is 14.5. The zero-order valence-electron chi connectivity index (χ0n) is 46.7. The van der Waals surface area contributed by atoms with E-state index in [-0.39, 0.29) is 0 Å². The summed E-state index contributed by atoms with van der Waals surface area (Å²) in [5.74, 6) is 0. The second-order valence-electron chi connectivity index (χ2n) is 22.9. The summed E-state index contributed by atoms with van der Waals surface area (Å²) >= 11 is 0. The maximum Gasteiger partial charge on any atom is 0.143 e. The zero-order chi connectivity index (χ0) is 56.4. The van der Waals surface area contributed by atoms with Gasteiger partial charge in [-0.2, -0.15) is 0 Å². The van der Waals surface area contributed by atoms with Crippen molar-refractivity contribution in [1.29, 1.82) is 0 Å². The van der Waals surface area contributed by atoms with E-state index >= 15 is 0 Å². The molecule has 2 heteroatoms. The van der Waals surface area contributed by atoms with Crippen LogP contribution in [0.15, 0.2) is 312 Å². The largest absolute Gasteiger partial charge is 0.455 e. The van der Waals surface area contributed by atoms with Crippen LogP contribution in [0.5, 0.6) is 0 Å². The molecule has 0 radical (unpaired) electrons. The van der Waals surface area contributed by atoms with E-state index in [0.29, 0.717) is 0 Å². The van der Waals surface area contributed by atoms with Gasteiger partial charge in [0.25, 0.3) is 0 Å². The number of furan rings is 2. The first-order valence-corrected chi connectivity index (χ1v) is 29.6. The molecule has 0 N–H and O–H groups in total. The third-order valence-electron chi connectivity index (χ3n) is 18.3. The van der Waals surface area contributed by atoms with E-state index in [1.54, 1.807) is 0 Å². The molecular weight excluding hydrogens is 1040 g/mol. The molecule has 16 aromatic carbocycles. The molecule has 0 atom stereocenters. The summed E-state index contributed by atoms with van der Waals surface area (Å²) < 4.78 is 13.8. The first kappa shape index (κ1) is 48.2. The SMILES string of the molecule is c1ccc(-c2c3ccccc3c(-c3cccc4c3oc3ccc(-c5ccc6cccc(-c7ccccc7-c7c8ccccc8c(-c8cccc9c8oc8ccccc89)c8ccccc78)c6c5)cc34)c3ccccc23)c(-c2ccc3ccccc3c2)c1. The van der Waals surface area contributed by atoms with Crippen molar-refractivity contribution in [2.24, 2.45) is 0 Å². The van der Waals surface area contributed by atoms with Crippen LogP contribution >= 0.6 is 0 Å². The maximum absolute atomic E-state index is 7.08. The van der Waals surface area contributed by atoms with Gasteiger partial charge in [0.2, 0.25) is 0 Å². The van der Waals surface area contributed by atoms with Gasteiger partial charge in [0.05, 0.1) is 0 Å². The Balaban J connectivity index is 0.772. The van der Waals surface area contributed by atoms with Crippen molar-refractivity contribution < 1.29 is 8.83 Å². The first-order chi connectivity index (χ1) is 42.7. The van der Waals surface area contributed by atoms with Crippen LogP contribution in [-0.2, 0) is 0 Å². The first-order valence-electron chi connectivity index (χ1n) is 29.6. The number of fused-ring (bicyclic) bond motifs is 12. The number of rotatable bonds is 7. The molecule has 2 heterocycles. The van der Waals surface area contributed by atoms with Gasteiger partial charge in [0, 0.05) is 43.8 Å². The minimum absolute atomic E-state index is 0.862. The average Bonchev–Trinajstić information content (AvgIpc) is 1.48. The lowest BCUT2D eigenvalue weighted by Crippen LogP contribution is -1.93. The van der Waals surface area contributed by atoms with Gasteiger partial charge in [0.15, 0.2) is 0 Å². The van der Waals surface area contributed by atoms with Crippen molar-refractivity contribution in [2.75, 3.05) is 0 Å². The quantitative estimate of drug-likeness (QED) is 0.149. The Bertz CT molecular complexity index is 5740. The summed E-state index contributed by atoms with van der Waals surface area (Å²) in [4.78, 5) is 0. The van der Waals surface area contributed by atoms with Crippen LogP contribution in [0.25, 0.3) is 186 Å². The Morgan fingerprint density at radius 3 is 1.09 bits per heavy atom. The Morgan fingerprint density at radius 1 is 0.163 bits per heavy atom. The van der Waals surface area contributed by atoms with Gasteiger partial charge >= 0.3 is 0 Å². The number of benzene rings is 16. The smallest absolute Gasteiger partial charge is 0.143 e. The van der Waals surface area contributed by atoms with Gasteiger partial charge in [-0.15, -0.1) is 0 Å². The van der Waals surface area contributed by atoms with E-state index in [1.165, 1.54) is 120 Å². The summed E-state index contributed by atoms with van der Waals surface area (Å²) in [6, 6.07) is 111. The topological polar surface area (TPSA) is 26.3 Å². The lowest BCUT2D eigenvalue weighted by Gasteiger charge is -2.20. The Labute approximate surface area is 495 Å². The fourth-order valence-electron chi connectivity index (χ4n) is 14.5. The van der Waals surface area contributed by atoms with Gasteiger partial charge in [-0.25, -0.2) is 0 Å². The summed E-state index contributed by atoms with van der Waals surface area (Å²) in [6.07, 6.45) is 0. The minimum Gasteiger partial charge on any atom is -0.455 e. The fraction of sp³-hybridized carbons (Fsp3) is 0. The van der Waals surface area contributed by atoms with E-state index < -0.39 is 0 Å². The van der Waals surface area contributed by atoms with Crippen molar-refractivity contribution >= 4 is 109 Å². The van der Waals surface area contributed by atoms with Crippen LogP contribution < -0.4 is 0 Å². The zero-order valence-corrected chi connectivity index (χ0v) is 46.7. The molecule has 18 aromatic rings. The highest BCUT2D eigenvalue weighted by Gasteiger charge is 2.25. The van der Waals surface area contributed by atoms with Crippen LogP contribution in [0.2, 0.25) is 0 Å². The molecule has 0 fully saturated rings. The maximum atomic E-state index is 7.08. The Morgan fingerprint density at radius 2 is 0.512 bits per heavy atom. The molecule has 0 bridgehead atoms. The van der Waals surface area contributed by atoms with Crippen LogP contribution in [0, 0.1) is 0 Å². The van der Waals surface area contributed by atoms with Crippen LogP contribution in [0.4, 0.5) is 0 Å². The van der Waals surface area contributed by atoms with Crippen LogP contribution in [0.3, 0.4) is 0 Å². The predicted octanol–water partition coefficient (Wildman–Crippen LogP) is 24.1. The monoisotopic (exact) mass is 1090 g/mol. The van der Waals surface area contributed by atoms with E-state index in [1.807, 2.05) is 6.07 Å². The van der Waals surface area contributed by atoms with Gasteiger partial charge in [-0.1, -0.05) is 273 Å². The summed E-state index contributed by atoms with van der Waals surface area (Å²) in [6.45, 7) is 0. The molecule has 0 aliphatic carbocycles. The lowest BCUT2D eigenvalue weighted by molar-refractivity contribution is 0.670. The molecule has 18 rings (SSSR count). The normalized spacial score (nSPS) is 12.0. The standard InChI is InChI=1S/C84H50O2/c1-2-21-53-48-56(45-42-51(53)20-1)57-23-3-5-26-61(57)79-63-28-7-11-32-67(63)82(68-33-12-8-29-64(68)79)74-40-19-38-72-76-50-55(46-47-78(76)86-84(72)74)54-44-43-52-22-17-36-59(75(52)49-54)58-24-4-6-27-62(58)80-65-30-9-13-34-69(65)81(70-35-14-10-31-66(70)80)73-39-18-37-71-60-25-15-16-41-77(60)85-83(71)73/h1-50H. The molecule has 0 amide bonds. The third-order valence-corrected chi connectivity index (χ3v) is 18.3. The molecule has 0 spiro atoms. The second kappa shape index (κ2) is 19.1. The summed E-state index contributed by atoms with van der Waals surface area (Å²) in [7, 11) is 0. The van der Waals surface area contributed by atoms with Crippen molar-refractivity contribution in [2.45, 2.75) is 0 Å². The van der Waals surface area contributed by atoms with E-state index in [0.717, 1.165) is 66.1 Å². The van der Waals surface area contributed by atoms with Gasteiger partial charge < -0.3 is 8.83 Å². The van der Waals surface area contributed by atoms with E-state index in [2.05, 4.69) is 297 Å². The number of para-hydroxylation sites is 3. The molecule has 0 aliphatic heterocycles. The predicted molar refractivity (Wildman–Crippen MR) is 364 cm³/mol. The van der Waals surface area contributed by atoms with E-state index in [4.69, 9.17) is 8.83 Å². The second-order valence-corrected chi connectivity index (χ2v) is 22.9. The van der Waals surface area contributed by atoms with Crippen molar-refractivity contribution in [3.8, 4) is 77.9 Å². The van der Waals surface area contributed by atoms with Gasteiger partial charge in [0.1, 0.15) is 22.3 Å². The summed E-state index contributed by atoms with van der Waals surface area (Å²) in [5.41, 5.74) is 20.0. The van der Waals surface area contributed by atoms with Crippen molar-refractivity contribution in [1.82, 2.24) is 0 Å². The highest BCUT2D eigenvalue weighted by atomic mass is 16.3. The molecule has 0 unspecified atom stereocenters. The molecule has 0 aliphatic rings. The highest BCUT2D eigenvalue weighted by molar-refractivity contribution is 6.27. The van der Waals surface area contributed by atoms with Crippen molar-refractivity contribution in [3.63, 3.8) is 0 Å². The van der Waals surface area contributed by atoms with Crippen molar-refractivity contribution in [3.05, 3.63) is 303 Å². The number of hydrogen-bond acceptors (Lipinski definition) is 2. The molecule has 2 aromatic heterocycles. The molecule has 0 saturated carbocycles. The van der Waals surface area contributed by atoms with Crippen LogP contribution in [0.1, 0.15) is 0 Å². The van der Waals surface area contributed by atoms with Gasteiger partial charge in [-0.3, -0.25) is 0 Å². The summed E-state index contributed by atoms with van der Waals surface area (Å²) in [5, 5.41) is 18.8. The minimum atomic E-state index is 0.862. The lowest BCUT2D eigenvalue weighted by atomic mass is 9.83. The average molecular weight is 1090 g/mol. The number of hydrogen-bond donors (Lipinski definition) is 0. The third kappa shape index (κ3) is 7.33. The highest BCUT2D eigenvalue weighted by Crippen LogP contribution is 2.51. The molecule has 0 saturated heterocycles.